The van der Waals surface area contributed by atoms with Crippen molar-refractivity contribution in [3.63, 3.8) is 0 Å². The molecule has 1 aliphatic rings. The Morgan fingerprint density at radius 2 is 1.83 bits per heavy atom. The number of carbonyl (C=O) groups is 1. The molecule has 29 heavy (non-hydrogen) atoms. The van der Waals surface area contributed by atoms with E-state index in [0.717, 1.165) is 41.6 Å². The van der Waals surface area contributed by atoms with E-state index in [4.69, 9.17) is 16.3 Å². The second kappa shape index (κ2) is 8.66. The van der Waals surface area contributed by atoms with Crippen molar-refractivity contribution in [2.45, 2.75) is 19.3 Å². The van der Waals surface area contributed by atoms with Crippen LogP contribution in [0.2, 0.25) is 5.02 Å². The Hall–Kier alpha value is -2.85. The number of methoxy groups -OCH3 is 1. The molecule has 1 amide bonds. The van der Waals surface area contributed by atoms with E-state index in [1.807, 2.05) is 59.5 Å². The van der Waals surface area contributed by atoms with E-state index in [2.05, 4.69) is 4.98 Å². The summed E-state index contributed by atoms with van der Waals surface area (Å²) in [4.78, 5) is 19.2. The van der Waals surface area contributed by atoms with E-state index in [9.17, 15) is 4.79 Å². The first-order valence-electron chi connectivity index (χ1n) is 9.80. The predicted octanol–water partition coefficient (Wildman–Crippen LogP) is 5.40. The summed E-state index contributed by atoms with van der Waals surface area (Å²) in [5.74, 6) is 0.829. The molecule has 148 valence electrons. The minimum absolute atomic E-state index is 0.0329. The maximum Gasteiger partial charge on any atom is 0.230 e. The standard InChI is InChI=1S/C24H23ClN2O2/c1-29-23-16-19(18-10-12-26-13-11-18)6-9-22(23)27-14-2-3-20(24(27)28)15-17-4-7-21(25)8-5-17/h4-13,16,20H,2-3,14-15H2,1H3. The number of ether oxygens (including phenoxy) is 1. The number of hydrogen-bond donors (Lipinski definition) is 0. The van der Waals surface area contributed by atoms with Crippen molar-refractivity contribution < 1.29 is 9.53 Å². The summed E-state index contributed by atoms with van der Waals surface area (Å²) in [6.07, 6.45) is 6.13. The van der Waals surface area contributed by atoms with Crippen LogP contribution in [0, 0.1) is 5.92 Å². The molecule has 0 radical (unpaired) electrons. The SMILES string of the molecule is COc1cc(-c2ccncc2)ccc1N1CCCC(Cc2ccc(Cl)cc2)C1=O. The molecular formula is C24H23ClN2O2. The number of aromatic nitrogens is 1. The molecule has 0 N–H and O–H groups in total. The van der Waals surface area contributed by atoms with Crippen molar-refractivity contribution in [1.29, 1.82) is 0 Å². The predicted molar refractivity (Wildman–Crippen MR) is 116 cm³/mol. The Bertz CT molecular complexity index is 990. The van der Waals surface area contributed by atoms with E-state index in [1.54, 1.807) is 19.5 Å². The maximum atomic E-state index is 13.3. The molecule has 1 saturated heterocycles. The highest BCUT2D eigenvalue weighted by atomic mass is 35.5. The van der Waals surface area contributed by atoms with Gasteiger partial charge in [0, 0.05) is 29.9 Å². The van der Waals surface area contributed by atoms with E-state index >= 15 is 0 Å². The topological polar surface area (TPSA) is 42.4 Å². The molecule has 3 aromatic rings. The normalized spacial score (nSPS) is 16.7. The third-order valence-electron chi connectivity index (χ3n) is 5.43. The fourth-order valence-corrected chi connectivity index (χ4v) is 4.03. The van der Waals surface area contributed by atoms with Gasteiger partial charge in [-0.3, -0.25) is 9.78 Å². The zero-order valence-electron chi connectivity index (χ0n) is 16.3. The minimum atomic E-state index is -0.0329. The highest BCUT2D eigenvalue weighted by Gasteiger charge is 2.31. The molecule has 0 spiro atoms. The van der Waals surface area contributed by atoms with Crippen LogP contribution in [0.1, 0.15) is 18.4 Å². The van der Waals surface area contributed by atoms with E-state index < -0.39 is 0 Å². The summed E-state index contributed by atoms with van der Waals surface area (Å²) < 4.78 is 5.65. The Morgan fingerprint density at radius 1 is 1.07 bits per heavy atom. The second-order valence-electron chi connectivity index (χ2n) is 7.28. The Kier molecular flexibility index (Phi) is 5.81. The van der Waals surface area contributed by atoms with Crippen LogP contribution in [-0.2, 0) is 11.2 Å². The average Bonchev–Trinajstić information content (AvgIpc) is 2.77. The summed E-state index contributed by atoms with van der Waals surface area (Å²) in [6, 6.07) is 17.7. The van der Waals surface area contributed by atoms with Crippen molar-refractivity contribution in [2.24, 2.45) is 5.92 Å². The number of piperidine rings is 1. The molecule has 0 saturated carbocycles. The number of halogens is 1. The molecule has 1 aromatic heterocycles. The Labute approximate surface area is 176 Å². The van der Waals surface area contributed by atoms with Gasteiger partial charge in [0.25, 0.3) is 0 Å². The summed E-state index contributed by atoms with van der Waals surface area (Å²) in [5.41, 5.74) is 4.07. The van der Waals surface area contributed by atoms with Gasteiger partial charge in [-0.1, -0.05) is 29.8 Å². The number of carbonyl (C=O) groups excluding carboxylic acids is 1. The number of rotatable bonds is 5. The monoisotopic (exact) mass is 406 g/mol. The molecule has 5 heteroatoms. The molecule has 0 aliphatic carbocycles. The first-order chi connectivity index (χ1) is 14.2. The van der Waals surface area contributed by atoms with Crippen molar-refractivity contribution in [3.8, 4) is 16.9 Å². The van der Waals surface area contributed by atoms with E-state index in [1.165, 1.54) is 0 Å². The van der Waals surface area contributed by atoms with Crippen LogP contribution in [-0.4, -0.2) is 24.5 Å². The lowest BCUT2D eigenvalue weighted by atomic mass is 9.90. The van der Waals surface area contributed by atoms with Crippen LogP contribution in [0.4, 0.5) is 5.69 Å². The van der Waals surface area contributed by atoms with Gasteiger partial charge in [-0.05, 0) is 72.4 Å². The lowest BCUT2D eigenvalue weighted by Crippen LogP contribution is -2.42. The average molecular weight is 407 g/mol. The quantitative estimate of drug-likeness (QED) is 0.570. The molecule has 1 fully saturated rings. The van der Waals surface area contributed by atoms with Gasteiger partial charge in [0.15, 0.2) is 0 Å². The van der Waals surface area contributed by atoms with Crippen molar-refractivity contribution in [3.05, 3.63) is 77.6 Å². The molecular weight excluding hydrogens is 384 g/mol. The smallest absolute Gasteiger partial charge is 0.230 e. The third-order valence-corrected chi connectivity index (χ3v) is 5.68. The van der Waals surface area contributed by atoms with Crippen LogP contribution in [0.15, 0.2) is 67.0 Å². The van der Waals surface area contributed by atoms with Gasteiger partial charge in [0.2, 0.25) is 5.91 Å². The van der Waals surface area contributed by atoms with Gasteiger partial charge in [-0.25, -0.2) is 0 Å². The van der Waals surface area contributed by atoms with Crippen LogP contribution in [0.3, 0.4) is 0 Å². The van der Waals surface area contributed by atoms with Gasteiger partial charge in [-0.2, -0.15) is 0 Å². The number of hydrogen-bond acceptors (Lipinski definition) is 3. The van der Waals surface area contributed by atoms with Crippen molar-refractivity contribution in [2.75, 3.05) is 18.6 Å². The van der Waals surface area contributed by atoms with Gasteiger partial charge in [0.05, 0.1) is 12.8 Å². The number of nitrogens with zero attached hydrogens (tertiary/aromatic N) is 2. The van der Waals surface area contributed by atoms with Crippen molar-refractivity contribution >= 4 is 23.2 Å². The molecule has 4 nitrogen and oxygen atoms in total. The Morgan fingerprint density at radius 3 is 2.55 bits per heavy atom. The number of anilines is 1. The van der Waals surface area contributed by atoms with Gasteiger partial charge < -0.3 is 9.64 Å². The summed E-state index contributed by atoms with van der Waals surface area (Å²) in [5, 5.41) is 0.712. The Balaban J connectivity index is 1.58. The summed E-state index contributed by atoms with van der Waals surface area (Å²) in [6.45, 7) is 0.709. The van der Waals surface area contributed by atoms with Gasteiger partial charge in [-0.15, -0.1) is 0 Å². The largest absolute Gasteiger partial charge is 0.495 e. The third kappa shape index (κ3) is 4.28. The van der Waals surface area contributed by atoms with Gasteiger partial charge >= 0.3 is 0 Å². The number of benzene rings is 2. The molecule has 2 aromatic carbocycles. The fraction of sp³-hybridized carbons (Fsp3) is 0.250. The number of pyridine rings is 1. The molecule has 2 heterocycles. The fourth-order valence-electron chi connectivity index (χ4n) is 3.91. The lowest BCUT2D eigenvalue weighted by Gasteiger charge is -2.33. The lowest BCUT2D eigenvalue weighted by molar-refractivity contribution is -0.123. The van der Waals surface area contributed by atoms with E-state index in [-0.39, 0.29) is 11.8 Å². The van der Waals surface area contributed by atoms with Crippen LogP contribution in [0.5, 0.6) is 5.75 Å². The zero-order chi connectivity index (χ0) is 20.2. The minimum Gasteiger partial charge on any atom is -0.495 e. The van der Waals surface area contributed by atoms with Gasteiger partial charge in [0.1, 0.15) is 5.75 Å². The highest BCUT2D eigenvalue weighted by Crippen LogP contribution is 2.36. The maximum absolute atomic E-state index is 13.3. The van der Waals surface area contributed by atoms with Crippen LogP contribution < -0.4 is 9.64 Å². The summed E-state index contributed by atoms with van der Waals surface area (Å²) in [7, 11) is 1.65. The molecule has 4 rings (SSSR count). The van der Waals surface area contributed by atoms with Crippen LogP contribution in [0.25, 0.3) is 11.1 Å². The highest BCUT2D eigenvalue weighted by molar-refractivity contribution is 6.30. The number of amides is 1. The summed E-state index contributed by atoms with van der Waals surface area (Å²) >= 11 is 5.98. The van der Waals surface area contributed by atoms with Crippen LogP contribution >= 0.6 is 11.6 Å². The first kappa shape index (κ1) is 19.5. The zero-order valence-corrected chi connectivity index (χ0v) is 17.1. The molecule has 1 unspecified atom stereocenters. The van der Waals surface area contributed by atoms with Crippen molar-refractivity contribution in [1.82, 2.24) is 4.98 Å². The first-order valence-corrected chi connectivity index (χ1v) is 10.2. The molecule has 1 atom stereocenters. The molecule has 0 bridgehead atoms. The van der Waals surface area contributed by atoms with E-state index in [0.29, 0.717) is 17.3 Å². The second-order valence-corrected chi connectivity index (χ2v) is 7.72. The molecule has 1 aliphatic heterocycles.